The zero-order valence-electron chi connectivity index (χ0n) is 21.5. The van der Waals surface area contributed by atoms with Crippen molar-refractivity contribution >= 4 is 16.6 Å². The Labute approximate surface area is 226 Å². The Morgan fingerprint density at radius 3 is 2.46 bits per heavy atom. The molecule has 6 rings (SSSR count). The van der Waals surface area contributed by atoms with Crippen LogP contribution in [-0.4, -0.2) is 39.0 Å². The van der Waals surface area contributed by atoms with Gasteiger partial charge in [0.25, 0.3) is 5.56 Å². The smallest absolute Gasteiger partial charge is 0.255 e. The van der Waals surface area contributed by atoms with Gasteiger partial charge in [0, 0.05) is 43.5 Å². The lowest BCUT2D eigenvalue weighted by molar-refractivity contribution is 0.211. The number of nitriles is 1. The van der Waals surface area contributed by atoms with Crippen molar-refractivity contribution in [2.45, 2.75) is 25.4 Å². The average molecular weight is 513 g/mol. The van der Waals surface area contributed by atoms with E-state index in [1.54, 1.807) is 12.4 Å². The Balaban J connectivity index is 1.17. The van der Waals surface area contributed by atoms with E-state index in [9.17, 15) is 4.79 Å². The molecule has 1 fully saturated rings. The van der Waals surface area contributed by atoms with Crippen LogP contribution in [0.5, 0.6) is 0 Å². The average Bonchev–Trinajstić information content (AvgIpc) is 2.99. The van der Waals surface area contributed by atoms with E-state index in [2.05, 4.69) is 67.6 Å². The second-order valence-electron chi connectivity index (χ2n) is 9.93. The maximum absolute atomic E-state index is 12.5. The molecule has 1 saturated heterocycles. The van der Waals surface area contributed by atoms with Crippen LogP contribution in [0.2, 0.25) is 0 Å². The number of anilines is 1. The van der Waals surface area contributed by atoms with E-state index in [0.717, 1.165) is 60.1 Å². The maximum atomic E-state index is 12.5. The minimum atomic E-state index is -0.0745. The summed E-state index contributed by atoms with van der Waals surface area (Å²) in [5, 5.41) is 14.1. The highest BCUT2D eigenvalue weighted by molar-refractivity contribution is 5.95. The van der Waals surface area contributed by atoms with Crippen LogP contribution in [0.15, 0.2) is 96.1 Å². The molecule has 0 aliphatic carbocycles. The molecule has 7 nitrogen and oxygen atoms in total. The van der Waals surface area contributed by atoms with Gasteiger partial charge in [-0.05, 0) is 70.3 Å². The summed E-state index contributed by atoms with van der Waals surface area (Å²) >= 11 is 0. The van der Waals surface area contributed by atoms with Gasteiger partial charge in [-0.1, -0.05) is 54.6 Å². The van der Waals surface area contributed by atoms with Crippen molar-refractivity contribution in [3.63, 3.8) is 0 Å². The number of nitrogens with one attached hydrogen (secondary N) is 2. The van der Waals surface area contributed by atoms with Gasteiger partial charge < -0.3 is 10.3 Å². The zero-order chi connectivity index (χ0) is 26.6. The fourth-order valence-electron chi connectivity index (χ4n) is 5.32. The Morgan fingerprint density at radius 2 is 1.69 bits per heavy atom. The number of benzene rings is 3. The van der Waals surface area contributed by atoms with Crippen molar-refractivity contribution in [3.05, 3.63) is 113 Å². The molecule has 39 heavy (non-hydrogen) atoms. The third kappa shape index (κ3) is 5.42. The maximum Gasteiger partial charge on any atom is 0.255 e. The number of likely N-dealkylation sites (tertiary alicyclic amines) is 1. The van der Waals surface area contributed by atoms with E-state index >= 15 is 0 Å². The van der Waals surface area contributed by atoms with Gasteiger partial charge >= 0.3 is 0 Å². The van der Waals surface area contributed by atoms with Gasteiger partial charge in [-0.15, -0.1) is 0 Å². The standard InChI is InChI=1S/C32H28N6O/c33-20-31-34-15-11-30(37-31)36-26-12-16-38(17-13-26)21-22-6-8-24(9-7-22)27-18-25-10-14-35-32(39)29(25)19-28(27)23-4-2-1-3-5-23/h1-11,14-15,18-19,26H,12-13,16-17,21H2,(H,35,39)(H,34,36,37). The van der Waals surface area contributed by atoms with Crippen molar-refractivity contribution in [3.8, 4) is 28.3 Å². The van der Waals surface area contributed by atoms with Gasteiger partial charge in [0.2, 0.25) is 5.82 Å². The topological polar surface area (TPSA) is 97.7 Å². The number of aromatic amines is 1. The fourth-order valence-corrected chi connectivity index (χ4v) is 5.32. The van der Waals surface area contributed by atoms with Gasteiger partial charge in [0.05, 0.1) is 0 Å². The van der Waals surface area contributed by atoms with Crippen molar-refractivity contribution in [1.29, 1.82) is 5.26 Å². The number of nitrogens with zero attached hydrogens (tertiary/aromatic N) is 4. The number of pyridine rings is 1. The molecule has 2 aromatic heterocycles. The van der Waals surface area contributed by atoms with Crippen LogP contribution in [0, 0.1) is 11.3 Å². The normalized spacial score (nSPS) is 14.2. The van der Waals surface area contributed by atoms with Gasteiger partial charge in [-0.25, -0.2) is 9.97 Å². The van der Waals surface area contributed by atoms with E-state index in [1.807, 2.05) is 42.5 Å². The molecule has 7 heteroatoms. The second kappa shape index (κ2) is 10.9. The third-order valence-corrected chi connectivity index (χ3v) is 7.36. The molecule has 3 heterocycles. The molecule has 0 amide bonds. The summed E-state index contributed by atoms with van der Waals surface area (Å²) in [6, 6.07) is 29.2. The lowest BCUT2D eigenvalue weighted by Gasteiger charge is -2.32. The number of piperidine rings is 1. The van der Waals surface area contributed by atoms with E-state index in [1.165, 1.54) is 5.56 Å². The van der Waals surface area contributed by atoms with Gasteiger partial charge in [0.1, 0.15) is 11.9 Å². The highest BCUT2D eigenvalue weighted by Crippen LogP contribution is 2.35. The number of aromatic nitrogens is 3. The summed E-state index contributed by atoms with van der Waals surface area (Å²) in [6.45, 7) is 2.89. The molecule has 2 N–H and O–H groups in total. The molecule has 0 bridgehead atoms. The fraction of sp³-hybridized carbons (Fsp3) is 0.188. The number of hydrogen-bond acceptors (Lipinski definition) is 6. The Bertz CT molecular complexity index is 1700. The second-order valence-corrected chi connectivity index (χ2v) is 9.93. The molecular weight excluding hydrogens is 484 g/mol. The van der Waals surface area contributed by atoms with Crippen molar-refractivity contribution in [2.24, 2.45) is 0 Å². The number of hydrogen-bond donors (Lipinski definition) is 2. The van der Waals surface area contributed by atoms with Crippen LogP contribution in [-0.2, 0) is 6.54 Å². The van der Waals surface area contributed by atoms with Crippen LogP contribution in [0.3, 0.4) is 0 Å². The first-order valence-corrected chi connectivity index (χ1v) is 13.2. The number of fused-ring (bicyclic) bond motifs is 1. The molecule has 0 spiro atoms. The molecule has 1 aliphatic rings. The summed E-state index contributed by atoms with van der Waals surface area (Å²) in [6.07, 6.45) is 5.35. The first kappa shape index (κ1) is 24.5. The van der Waals surface area contributed by atoms with Gasteiger partial charge in [-0.3, -0.25) is 9.69 Å². The van der Waals surface area contributed by atoms with E-state index in [-0.39, 0.29) is 11.4 Å². The highest BCUT2D eigenvalue weighted by atomic mass is 16.1. The number of H-pyrrole nitrogens is 1. The summed E-state index contributed by atoms with van der Waals surface area (Å²) in [4.78, 5) is 26.0. The molecular formula is C32H28N6O. The molecule has 5 aromatic rings. The predicted octanol–water partition coefficient (Wildman–Crippen LogP) is 5.60. The molecule has 0 radical (unpaired) electrons. The lowest BCUT2D eigenvalue weighted by atomic mass is 9.91. The van der Waals surface area contributed by atoms with Crippen LogP contribution in [0.25, 0.3) is 33.0 Å². The minimum absolute atomic E-state index is 0.0745. The van der Waals surface area contributed by atoms with Gasteiger partial charge in [-0.2, -0.15) is 5.26 Å². The monoisotopic (exact) mass is 512 g/mol. The Kier molecular flexibility index (Phi) is 6.86. The van der Waals surface area contributed by atoms with Crippen LogP contribution in [0.4, 0.5) is 5.82 Å². The van der Waals surface area contributed by atoms with Crippen molar-refractivity contribution in [2.75, 3.05) is 18.4 Å². The van der Waals surface area contributed by atoms with Crippen LogP contribution < -0.4 is 10.9 Å². The summed E-state index contributed by atoms with van der Waals surface area (Å²) in [7, 11) is 0. The molecule has 0 unspecified atom stereocenters. The zero-order valence-corrected chi connectivity index (χ0v) is 21.5. The Morgan fingerprint density at radius 1 is 0.949 bits per heavy atom. The predicted molar refractivity (Wildman–Crippen MR) is 154 cm³/mol. The van der Waals surface area contributed by atoms with Crippen molar-refractivity contribution in [1.82, 2.24) is 19.9 Å². The first-order valence-electron chi connectivity index (χ1n) is 13.2. The summed E-state index contributed by atoms with van der Waals surface area (Å²) in [5.41, 5.74) is 5.58. The minimum Gasteiger partial charge on any atom is -0.367 e. The van der Waals surface area contributed by atoms with Crippen LogP contribution >= 0.6 is 0 Å². The quantitative estimate of drug-likeness (QED) is 0.307. The third-order valence-electron chi connectivity index (χ3n) is 7.36. The molecule has 192 valence electrons. The van der Waals surface area contributed by atoms with E-state index < -0.39 is 0 Å². The molecule has 1 aliphatic heterocycles. The highest BCUT2D eigenvalue weighted by Gasteiger charge is 2.20. The molecule has 0 atom stereocenters. The van der Waals surface area contributed by atoms with E-state index in [4.69, 9.17) is 5.26 Å². The largest absolute Gasteiger partial charge is 0.367 e. The van der Waals surface area contributed by atoms with E-state index in [0.29, 0.717) is 17.2 Å². The van der Waals surface area contributed by atoms with Gasteiger partial charge in [0.15, 0.2) is 0 Å². The van der Waals surface area contributed by atoms with Crippen LogP contribution in [0.1, 0.15) is 24.2 Å². The lowest BCUT2D eigenvalue weighted by Crippen LogP contribution is -2.38. The SMILES string of the molecule is N#Cc1nccc(NC2CCN(Cc3ccc(-c4cc5cc[nH]c(=O)c5cc4-c4ccccc4)cc3)CC2)n1. The summed E-state index contributed by atoms with van der Waals surface area (Å²) in [5.74, 6) is 0.901. The Hall–Kier alpha value is -4.80. The molecule has 3 aromatic carbocycles. The summed E-state index contributed by atoms with van der Waals surface area (Å²) < 4.78 is 0. The van der Waals surface area contributed by atoms with Crippen molar-refractivity contribution < 1.29 is 0 Å². The first-order chi connectivity index (χ1) is 19.2. The molecule has 0 saturated carbocycles. The number of rotatable bonds is 6.